The Balaban J connectivity index is 3.53. The zero-order chi connectivity index (χ0) is 17.6. The van der Waals surface area contributed by atoms with Crippen molar-refractivity contribution in [2.45, 2.75) is 32.1 Å². The number of carbonyl (C=O) groups is 1. The summed E-state index contributed by atoms with van der Waals surface area (Å²) < 4.78 is 16.0. The molecule has 0 radical (unpaired) electrons. The number of hydrogen-bond acceptors (Lipinski definition) is 5. The molecule has 0 aromatic heterocycles. The van der Waals surface area contributed by atoms with Crippen LogP contribution in [0.1, 0.15) is 32.3 Å². The van der Waals surface area contributed by atoms with E-state index in [0.717, 1.165) is 0 Å². The topological polar surface area (TPSA) is 88.8 Å². The Morgan fingerprint density at radius 2 is 1.74 bits per heavy atom. The van der Waals surface area contributed by atoms with Crippen molar-refractivity contribution in [1.29, 1.82) is 5.26 Å². The van der Waals surface area contributed by atoms with E-state index >= 15 is 0 Å². The molecule has 1 N–H and O–H groups in total. The number of carboxylic acid groups (broad SMARTS) is 1. The maximum absolute atomic E-state index is 11.0. The van der Waals surface area contributed by atoms with Gasteiger partial charge in [-0.25, -0.2) is 0 Å². The number of benzene rings is 1. The molecule has 1 aromatic rings. The van der Waals surface area contributed by atoms with E-state index in [0.29, 0.717) is 22.8 Å². The molecule has 1 atom stereocenters. The van der Waals surface area contributed by atoms with Gasteiger partial charge in [0.05, 0.1) is 32.8 Å². The minimum absolute atomic E-state index is 0.0883. The SMILES string of the molecule is COc1cc(C(C#N)(CCC(=O)O)C(C)C)cc(OC)c1OC. The molecule has 1 rings (SSSR count). The van der Waals surface area contributed by atoms with Crippen molar-refractivity contribution in [3.8, 4) is 23.3 Å². The van der Waals surface area contributed by atoms with Gasteiger partial charge in [0.15, 0.2) is 11.5 Å². The van der Waals surface area contributed by atoms with Crippen LogP contribution in [0.5, 0.6) is 17.2 Å². The standard InChI is InChI=1S/C17H23NO5/c1-11(2)17(10-18,7-6-15(19)20)12-8-13(21-3)16(23-5)14(9-12)22-4/h8-9,11H,6-7H2,1-5H3,(H,19,20). The van der Waals surface area contributed by atoms with Gasteiger partial charge < -0.3 is 19.3 Å². The highest BCUT2D eigenvalue weighted by atomic mass is 16.5. The second-order valence-corrected chi connectivity index (χ2v) is 5.55. The van der Waals surface area contributed by atoms with Crippen molar-refractivity contribution < 1.29 is 24.1 Å². The Kier molecular flexibility index (Phi) is 6.26. The molecule has 0 saturated carbocycles. The third kappa shape index (κ3) is 3.67. The van der Waals surface area contributed by atoms with Gasteiger partial charge >= 0.3 is 5.97 Å². The zero-order valence-corrected chi connectivity index (χ0v) is 14.2. The lowest BCUT2D eigenvalue weighted by molar-refractivity contribution is -0.137. The molecule has 0 amide bonds. The van der Waals surface area contributed by atoms with Crippen LogP contribution in [-0.2, 0) is 10.2 Å². The Bertz CT molecular complexity index is 580. The summed E-state index contributed by atoms with van der Waals surface area (Å²) in [6.45, 7) is 3.79. The zero-order valence-electron chi connectivity index (χ0n) is 14.2. The van der Waals surface area contributed by atoms with Gasteiger partial charge in [0.1, 0.15) is 0 Å². The van der Waals surface area contributed by atoms with Gasteiger partial charge in [-0.15, -0.1) is 0 Å². The Morgan fingerprint density at radius 3 is 2.04 bits per heavy atom. The van der Waals surface area contributed by atoms with Crippen LogP contribution in [-0.4, -0.2) is 32.4 Å². The predicted octanol–water partition coefficient (Wildman–Crippen LogP) is 2.99. The van der Waals surface area contributed by atoms with E-state index in [1.165, 1.54) is 21.3 Å². The van der Waals surface area contributed by atoms with Gasteiger partial charge in [-0.3, -0.25) is 4.79 Å². The maximum Gasteiger partial charge on any atom is 0.303 e. The van der Waals surface area contributed by atoms with Crippen LogP contribution in [0.15, 0.2) is 12.1 Å². The molecule has 0 fully saturated rings. The number of ether oxygens (including phenoxy) is 3. The van der Waals surface area contributed by atoms with Crippen molar-refractivity contribution in [2.24, 2.45) is 5.92 Å². The lowest BCUT2D eigenvalue weighted by Gasteiger charge is -2.31. The normalized spacial score (nSPS) is 13.1. The summed E-state index contributed by atoms with van der Waals surface area (Å²) in [4.78, 5) is 11.0. The van der Waals surface area contributed by atoms with Crippen molar-refractivity contribution in [3.05, 3.63) is 17.7 Å². The molecule has 6 heteroatoms. The lowest BCUT2D eigenvalue weighted by atomic mass is 9.69. The number of hydrogen-bond donors (Lipinski definition) is 1. The Morgan fingerprint density at radius 1 is 1.22 bits per heavy atom. The van der Waals surface area contributed by atoms with Crippen LogP contribution in [0.3, 0.4) is 0 Å². The molecule has 0 bridgehead atoms. The molecular formula is C17H23NO5. The Labute approximate surface area is 136 Å². The average Bonchev–Trinajstić information content (AvgIpc) is 2.54. The minimum Gasteiger partial charge on any atom is -0.493 e. The first-order valence-corrected chi connectivity index (χ1v) is 7.29. The summed E-state index contributed by atoms with van der Waals surface area (Å²) >= 11 is 0. The highest BCUT2D eigenvalue weighted by molar-refractivity contribution is 5.67. The first-order valence-electron chi connectivity index (χ1n) is 7.29. The maximum atomic E-state index is 11.0. The fourth-order valence-corrected chi connectivity index (χ4v) is 2.66. The van der Waals surface area contributed by atoms with Gasteiger partial charge in [-0.05, 0) is 30.0 Å². The van der Waals surface area contributed by atoms with Gasteiger partial charge in [-0.1, -0.05) is 13.8 Å². The van der Waals surface area contributed by atoms with E-state index in [4.69, 9.17) is 19.3 Å². The van der Waals surface area contributed by atoms with Gasteiger partial charge in [-0.2, -0.15) is 5.26 Å². The smallest absolute Gasteiger partial charge is 0.303 e. The molecule has 1 aromatic carbocycles. The monoisotopic (exact) mass is 321 g/mol. The van der Waals surface area contributed by atoms with Crippen molar-refractivity contribution >= 4 is 5.97 Å². The van der Waals surface area contributed by atoms with E-state index in [-0.39, 0.29) is 18.8 Å². The Hall–Kier alpha value is -2.42. The number of methoxy groups -OCH3 is 3. The highest BCUT2D eigenvalue weighted by Gasteiger charge is 2.38. The number of nitriles is 1. The minimum atomic E-state index is -0.953. The van der Waals surface area contributed by atoms with Gasteiger partial charge in [0.25, 0.3) is 0 Å². The molecule has 23 heavy (non-hydrogen) atoms. The molecule has 0 aliphatic heterocycles. The fraction of sp³-hybridized carbons (Fsp3) is 0.529. The van der Waals surface area contributed by atoms with Crippen LogP contribution in [0.4, 0.5) is 0 Å². The second-order valence-electron chi connectivity index (χ2n) is 5.55. The quantitative estimate of drug-likeness (QED) is 0.792. The number of nitrogens with zero attached hydrogens (tertiary/aromatic N) is 1. The second kappa shape index (κ2) is 7.73. The lowest BCUT2D eigenvalue weighted by Crippen LogP contribution is -2.31. The number of aliphatic carboxylic acids is 1. The van der Waals surface area contributed by atoms with E-state index in [2.05, 4.69) is 6.07 Å². The number of rotatable bonds is 8. The van der Waals surface area contributed by atoms with Crippen LogP contribution >= 0.6 is 0 Å². The van der Waals surface area contributed by atoms with Crippen molar-refractivity contribution in [3.63, 3.8) is 0 Å². The molecule has 0 heterocycles. The van der Waals surface area contributed by atoms with E-state index < -0.39 is 11.4 Å². The van der Waals surface area contributed by atoms with Crippen LogP contribution in [0.25, 0.3) is 0 Å². The van der Waals surface area contributed by atoms with Crippen molar-refractivity contribution in [2.75, 3.05) is 21.3 Å². The van der Waals surface area contributed by atoms with E-state index in [1.807, 2.05) is 13.8 Å². The highest BCUT2D eigenvalue weighted by Crippen LogP contribution is 2.45. The summed E-state index contributed by atoms with van der Waals surface area (Å²) in [7, 11) is 4.51. The molecule has 0 saturated heterocycles. The molecule has 0 aliphatic rings. The average molecular weight is 321 g/mol. The van der Waals surface area contributed by atoms with E-state index in [9.17, 15) is 10.1 Å². The van der Waals surface area contributed by atoms with Crippen LogP contribution in [0.2, 0.25) is 0 Å². The van der Waals surface area contributed by atoms with Crippen molar-refractivity contribution in [1.82, 2.24) is 0 Å². The molecule has 0 spiro atoms. The first-order chi connectivity index (χ1) is 10.9. The first kappa shape index (κ1) is 18.6. The summed E-state index contributed by atoms with van der Waals surface area (Å²) in [6.07, 6.45) is 0.109. The molecule has 1 unspecified atom stereocenters. The molecule has 126 valence electrons. The predicted molar refractivity (Wildman–Crippen MR) is 85.1 cm³/mol. The molecule has 0 aliphatic carbocycles. The molecule has 6 nitrogen and oxygen atoms in total. The summed E-state index contributed by atoms with van der Waals surface area (Å²) in [5, 5.41) is 18.8. The van der Waals surface area contributed by atoms with Gasteiger partial charge in [0.2, 0.25) is 5.75 Å². The van der Waals surface area contributed by atoms with Crippen LogP contribution in [0, 0.1) is 17.2 Å². The van der Waals surface area contributed by atoms with Crippen LogP contribution < -0.4 is 14.2 Å². The fourth-order valence-electron chi connectivity index (χ4n) is 2.66. The largest absolute Gasteiger partial charge is 0.493 e. The number of carboxylic acids is 1. The summed E-state index contributed by atoms with van der Waals surface area (Å²) in [6, 6.07) is 5.74. The van der Waals surface area contributed by atoms with E-state index in [1.54, 1.807) is 12.1 Å². The third-order valence-corrected chi connectivity index (χ3v) is 4.10. The summed E-state index contributed by atoms with van der Waals surface area (Å²) in [5.41, 5.74) is -0.295. The molecular weight excluding hydrogens is 298 g/mol. The van der Waals surface area contributed by atoms with Gasteiger partial charge in [0, 0.05) is 6.42 Å². The third-order valence-electron chi connectivity index (χ3n) is 4.10. The summed E-state index contributed by atoms with van der Waals surface area (Å²) in [5.74, 6) is 0.301.